The summed E-state index contributed by atoms with van der Waals surface area (Å²) in [5.41, 5.74) is 1.00. The smallest absolute Gasteiger partial charge is 0.304 e. The highest BCUT2D eigenvalue weighted by Gasteiger charge is 2.26. The molecule has 1 aliphatic rings. The third-order valence-corrected chi connectivity index (χ3v) is 3.89. The number of hydrogen-bond acceptors (Lipinski definition) is 2. The van der Waals surface area contributed by atoms with E-state index >= 15 is 0 Å². The molecule has 1 aliphatic heterocycles. The predicted molar refractivity (Wildman–Crippen MR) is 69.8 cm³/mol. The van der Waals surface area contributed by atoms with Gasteiger partial charge in [-0.15, -0.1) is 0 Å². The molecular formula is C13H15BrFNO2. The minimum absolute atomic E-state index is 0.103. The fourth-order valence-corrected chi connectivity index (χ4v) is 2.83. The molecule has 0 saturated carbocycles. The Bertz CT molecular complexity index is 453. The molecule has 5 heteroatoms. The minimum atomic E-state index is -0.757. The lowest BCUT2D eigenvalue weighted by atomic mass is 10.1. The van der Waals surface area contributed by atoms with E-state index in [4.69, 9.17) is 5.11 Å². The summed E-state index contributed by atoms with van der Waals surface area (Å²) in [5.74, 6) is -1.03. The third kappa shape index (κ3) is 3.29. The van der Waals surface area contributed by atoms with E-state index in [1.54, 1.807) is 12.1 Å². The van der Waals surface area contributed by atoms with Gasteiger partial charge in [0.15, 0.2) is 0 Å². The standard InChI is InChI=1S/C13H15BrFNO2/c14-11-6-9(3-4-12(11)15)8-16-5-1-2-10(16)7-13(17)18/h3-4,6,10H,1-2,5,7-8H2,(H,17,18). The Labute approximate surface area is 114 Å². The van der Waals surface area contributed by atoms with Crippen LogP contribution >= 0.6 is 15.9 Å². The number of aliphatic carboxylic acids is 1. The number of carboxylic acids is 1. The average molecular weight is 316 g/mol. The van der Waals surface area contributed by atoms with Crippen LogP contribution in [0.25, 0.3) is 0 Å². The lowest BCUT2D eigenvalue weighted by Gasteiger charge is -2.23. The fraction of sp³-hybridized carbons (Fsp3) is 0.462. The van der Waals surface area contributed by atoms with Crippen molar-refractivity contribution in [2.24, 2.45) is 0 Å². The van der Waals surface area contributed by atoms with Crippen LogP contribution in [0.2, 0.25) is 0 Å². The molecule has 1 saturated heterocycles. The van der Waals surface area contributed by atoms with Crippen molar-refractivity contribution in [3.63, 3.8) is 0 Å². The van der Waals surface area contributed by atoms with Gasteiger partial charge in [0.05, 0.1) is 10.9 Å². The highest BCUT2D eigenvalue weighted by molar-refractivity contribution is 9.10. The zero-order valence-corrected chi connectivity index (χ0v) is 11.5. The Hall–Kier alpha value is -0.940. The van der Waals surface area contributed by atoms with Gasteiger partial charge >= 0.3 is 5.97 Å². The largest absolute Gasteiger partial charge is 0.481 e. The molecular weight excluding hydrogens is 301 g/mol. The van der Waals surface area contributed by atoms with E-state index in [0.717, 1.165) is 24.9 Å². The first-order chi connectivity index (χ1) is 8.56. The predicted octanol–water partition coefficient (Wildman–Crippen LogP) is 3.03. The van der Waals surface area contributed by atoms with Gasteiger partial charge in [-0.3, -0.25) is 9.69 Å². The molecule has 0 radical (unpaired) electrons. The minimum Gasteiger partial charge on any atom is -0.481 e. The Morgan fingerprint density at radius 3 is 3.00 bits per heavy atom. The molecule has 1 unspecified atom stereocenters. The molecule has 1 atom stereocenters. The number of benzene rings is 1. The van der Waals surface area contributed by atoms with Gasteiger partial charge in [0.25, 0.3) is 0 Å². The molecule has 98 valence electrons. The first-order valence-electron chi connectivity index (χ1n) is 5.96. The number of nitrogens with zero attached hydrogens (tertiary/aromatic N) is 1. The maximum absolute atomic E-state index is 13.1. The lowest BCUT2D eigenvalue weighted by molar-refractivity contribution is -0.138. The molecule has 2 rings (SSSR count). The average Bonchev–Trinajstić information content (AvgIpc) is 2.70. The summed E-state index contributed by atoms with van der Waals surface area (Å²) in [6.07, 6.45) is 2.14. The van der Waals surface area contributed by atoms with Gasteiger partial charge < -0.3 is 5.11 Å². The maximum Gasteiger partial charge on any atom is 0.304 e. The van der Waals surface area contributed by atoms with Crippen molar-refractivity contribution in [1.82, 2.24) is 4.90 Å². The van der Waals surface area contributed by atoms with Gasteiger partial charge in [-0.25, -0.2) is 4.39 Å². The van der Waals surface area contributed by atoms with E-state index in [1.807, 2.05) is 0 Å². The van der Waals surface area contributed by atoms with Gasteiger partial charge in [-0.1, -0.05) is 6.07 Å². The van der Waals surface area contributed by atoms with E-state index in [1.165, 1.54) is 6.07 Å². The number of likely N-dealkylation sites (tertiary alicyclic amines) is 1. The summed E-state index contributed by atoms with van der Waals surface area (Å²) in [5, 5.41) is 8.85. The lowest BCUT2D eigenvalue weighted by Crippen LogP contribution is -2.30. The number of rotatable bonds is 4. The first-order valence-corrected chi connectivity index (χ1v) is 6.75. The van der Waals surface area contributed by atoms with Gasteiger partial charge in [-0.05, 0) is 53.0 Å². The molecule has 0 aromatic heterocycles. The van der Waals surface area contributed by atoms with Gasteiger partial charge in [0, 0.05) is 12.6 Å². The maximum atomic E-state index is 13.1. The van der Waals surface area contributed by atoms with Gasteiger partial charge in [0.2, 0.25) is 0 Å². The Balaban J connectivity index is 2.03. The van der Waals surface area contributed by atoms with Crippen molar-refractivity contribution in [3.8, 4) is 0 Å². The molecule has 3 nitrogen and oxygen atoms in total. The summed E-state index contributed by atoms with van der Waals surface area (Å²) in [4.78, 5) is 12.9. The summed E-state index contributed by atoms with van der Waals surface area (Å²) < 4.78 is 13.6. The Morgan fingerprint density at radius 2 is 2.33 bits per heavy atom. The van der Waals surface area contributed by atoms with Gasteiger partial charge in [0.1, 0.15) is 5.82 Å². The number of carboxylic acid groups (broad SMARTS) is 1. The molecule has 0 amide bonds. The van der Waals surface area contributed by atoms with Crippen molar-refractivity contribution in [2.45, 2.75) is 31.8 Å². The first kappa shape index (κ1) is 13.5. The van der Waals surface area contributed by atoms with E-state index in [9.17, 15) is 9.18 Å². The van der Waals surface area contributed by atoms with Crippen LogP contribution in [0, 0.1) is 5.82 Å². The van der Waals surface area contributed by atoms with Gasteiger partial charge in [-0.2, -0.15) is 0 Å². The Morgan fingerprint density at radius 1 is 1.56 bits per heavy atom. The molecule has 1 heterocycles. The Kier molecular flexibility index (Phi) is 4.35. The van der Waals surface area contributed by atoms with Crippen molar-refractivity contribution in [2.75, 3.05) is 6.54 Å². The van der Waals surface area contributed by atoms with Crippen molar-refractivity contribution >= 4 is 21.9 Å². The molecule has 1 N–H and O–H groups in total. The quantitative estimate of drug-likeness (QED) is 0.928. The molecule has 0 spiro atoms. The molecule has 1 aromatic carbocycles. The summed E-state index contributed by atoms with van der Waals surface area (Å²) in [6, 6.07) is 5.04. The zero-order valence-electron chi connectivity index (χ0n) is 9.90. The van der Waals surface area contributed by atoms with Crippen LogP contribution in [0.5, 0.6) is 0 Å². The third-order valence-electron chi connectivity index (χ3n) is 3.28. The van der Waals surface area contributed by atoms with Crippen LogP contribution in [-0.2, 0) is 11.3 Å². The van der Waals surface area contributed by atoms with Crippen LogP contribution in [-0.4, -0.2) is 28.6 Å². The molecule has 0 aliphatic carbocycles. The summed E-state index contributed by atoms with van der Waals surface area (Å²) in [6.45, 7) is 1.59. The van der Waals surface area contributed by atoms with E-state index in [2.05, 4.69) is 20.8 Å². The second-order valence-electron chi connectivity index (χ2n) is 4.61. The van der Waals surface area contributed by atoms with Crippen LogP contribution in [0.3, 0.4) is 0 Å². The van der Waals surface area contributed by atoms with Crippen molar-refractivity contribution in [1.29, 1.82) is 0 Å². The van der Waals surface area contributed by atoms with Crippen molar-refractivity contribution in [3.05, 3.63) is 34.1 Å². The van der Waals surface area contributed by atoms with E-state index < -0.39 is 5.97 Å². The highest BCUT2D eigenvalue weighted by Crippen LogP contribution is 2.24. The SMILES string of the molecule is O=C(O)CC1CCCN1Cc1ccc(F)c(Br)c1. The van der Waals surface area contributed by atoms with Crippen molar-refractivity contribution < 1.29 is 14.3 Å². The molecule has 1 aromatic rings. The fourth-order valence-electron chi connectivity index (χ4n) is 2.41. The van der Waals surface area contributed by atoms with Crippen LogP contribution in [0.15, 0.2) is 22.7 Å². The number of carbonyl (C=O) groups is 1. The number of halogens is 2. The van der Waals surface area contributed by atoms with Crippen LogP contribution in [0.4, 0.5) is 4.39 Å². The normalized spacial score (nSPS) is 20.2. The molecule has 1 fully saturated rings. The van der Waals surface area contributed by atoms with Crippen LogP contribution in [0.1, 0.15) is 24.8 Å². The highest BCUT2D eigenvalue weighted by atomic mass is 79.9. The molecule has 18 heavy (non-hydrogen) atoms. The zero-order chi connectivity index (χ0) is 13.1. The topological polar surface area (TPSA) is 40.5 Å². The second kappa shape index (κ2) is 5.80. The van der Waals surface area contributed by atoms with E-state index in [0.29, 0.717) is 11.0 Å². The van der Waals surface area contributed by atoms with E-state index in [-0.39, 0.29) is 18.3 Å². The summed E-state index contributed by atoms with van der Waals surface area (Å²) >= 11 is 3.16. The monoisotopic (exact) mass is 315 g/mol. The van der Waals surface area contributed by atoms with Crippen LogP contribution < -0.4 is 0 Å². The summed E-state index contributed by atoms with van der Waals surface area (Å²) in [7, 11) is 0. The second-order valence-corrected chi connectivity index (χ2v) is 5.47. The molecule has 0 bridgehead atoms. The number of hydrogen-bond donors (Lipinski definition) is 1.